The Morgan fingerprint density at radius 1 is 1.31 bits per heavy atom. The van der Waals surface area contributed by atoms with Gasteiger partial charge >= 0.3 is 5.97 Å². The lowest BCUT2D eigenvalue weighted by Crippen LogP contribution is -2.32. The van der Waals surface area contributed by atoms with Crippen molar-refractivity contribution in [1.82, 2.24) is 5.32 Å². The number of nitrogens with one attached hydrogen (secondary N) is 1. The third kappa shape index (κ3) is 8.19. The van der Waals surface area contributed by atoms with Crippen molar-refractivity contribution in [3.63, 3.8) is 0 Å². The van der Waals surface area contributed by atoms with E-state index in [1.165, 1.54) is 6.92 Å². The molecule has 1 atom stereocenters. The zero-order chi connectivity index (χ0) is 12.4. The maximum absolute atomic E-state index is 11.2. The smallest absolute Gasteiger partial charge is 0.308 e. The lowest BCUT2D eigenvalue weighted by Gasteiger charge is -2.08. The van der Waals surface area contributed by atoms with Gasteiger partial charge in [0.2, 0.25) is 5.91 Å². The minimum Gasteiger partial charge on any atom is -0.481 e. The molecule has 6 heteroatoms. The van der Waals surface area contributed by atoms with Gasteiger partial charge in [0, 0.05) is 20.1 Å². The van der Waals surface area contributed by atoms with Crippen LogP contribution in [0.5, 0.6) is 0 Å². The van der Waals surface area contributed by atoms with Gasteiger partial charge in [-0.2, -0.15) is 0 Å². The van der Waals surface area contributed by atoms with Gasteiger partial charge in [-0.25, -0.2) is 0 Å². The fourth-order valence-electron chi connectivity index (χ4n) is 0.852. The first-order valence-electron chi connectivity index (χ1n) is 5.14. The summed E-state index contributed by atoms with van der Waals surface area (Å²) in [4.78, 5) is 21.6. The second-order valence-electron chi connectivity index (χ2n) is 3.40. The van der Waals surface area contributed by atoms with Crippen LogP contribution in [0.25, 0.3) is 0 Å². The number of carbonyl (C=O) groups is 2. The van der Waals surface area contributed by atoms with Crippen LogP contribution in [0.4, 0.5) is 0 Å². The number of rotatable bonds is 9. The van der Waals surface area contributed by atoms with Crippen molar-refractivity contribution in [3.8, 4) is 0 Å². The maximum Gasteiger partial charge on any atom is 0.308 e. The van der Waals surface area contributed by atoms with Crippen LogP contribution in [0.3, 0.4) is 0 Å². The van der Waals surface area contributed by atoms with Crippen LogP contribution < -0.4 is 5.32 Å². The predicted molar refractivity (Wildman–Crippen MR) is 57.1 cm³/mol. The Labute approximate surface area is 94.9 Å². The van der Waals surface area contributed by atoms with E-state index < -0.39 is 11.9 Å². The lowest BCUT2D eigenvalue weighted by atomic mass is 10.2. The number of amides is 1. The van der Waals surface area contributed by atoms with E-state index in [9.17, 15) is 9.59 Å². The Bertz CT molecular complexity index is 219. The lowest BCUT2D eigenvalue weighted by molar-refractivity contribution is -0.141. The first-order valence-corrected chi connectivity index (χ1v) is 5.14. The summed E-state index contributed by atoms with van der Waals surface area (Å²) in [5.74, 6) is -1.69. The van der Waals surface area contributed by atoms with Gasteiger partial charge in [-0.1, -0.05) is 6.92 Å². The number of hydrogen-bond acceptors (Lipinski definition) is 4. The topological polar surface area (TPSA) is 84.9 Å². The van der Waals surface area contributed by atoms with Crippen molar-refractivity contribution in [1.29, 1.82) is 0 Å². The zero-order valence-electron chi connectivity index (χ0n) is 9.69. The van der Waals surface area contributed by atoms with Gasteiger partial charge in [-0.3, -0.25) is 9.59 Å². The largest absolute Gasteiger partial charge is 0.481 e. The summed E-state index contributed by atoms with van der Waals surface area (Å²) in [5, 5.41) is 11.1. The van der Waals surface area contributed by atoms with Crippen molar-refractivity contribution >= 4 is 11.9 Å². The molecule has 0 rings (SSSR count). The number of carbonyl (C=O) groups excluding carboxylic acids is 1. The molecule has 0 bridgehead atoms. The summed E-state index contributed by atoms with van der Waals surface area (Å²) >= 11 is 0. The van der Waals surface area contributed by atoms with Crippen molar-refractivity contribution in [2.75, 3.05) is 33.5 Å². The molecule has 0 aromatic carbocycles. The summed E-state index contributed by atoms with van der Waals surface area (Å²) in [5.41, 5.74) is 0. The van der Waals surface area contributed by atoms with Crippen LogP contribution in [-0.4, -0.2) is 50.5 Å². The van der Waals surface area contributed by atoms with Gasteiger partial charge in [-0.15, -0.1) is 0 Å². The third-order valence-corrected chi connectivity index (χ3v) is 1.93. The van der Waals surface area contributed by atoms with Gasteiger partial charge in [0.15, 0.2) is 0 Å². The molecule has 0 fully saturated rings. The Morgan fingerprint density at radius 3 is 2.56 bits per heavy atom. The summed E-state index contributed by atoms with van der Waals surface area (Å²) in [6.45, 7) is 2.95. The molecule has 0 radical (unpaired) electrons. The Morgan fingerprint density at radius 2 is 2.00 bits per heavy atom. The van der Waals surface area contributed by atoms with Crippen LogP contribution in [-0.2, 0) is 19.1 Å². The van der Waals surface area contributed by atoms with E-state index in [0.717, 1.165) is 0 Å². The van der Waals surface area contributed by atoms with E-state index in [-0.39, 0.29) is 18.9 Å². The van der Waals surface area contributed by atoms with Crippen LogP contribution in [0.2, 0.25) is 0 Å². The molecule has 0 aromatic rings. The van der Waals surface area contributed by atoms with Gasteiger partial charge in [0.25, 0.3) is 0 Å². The summed E-state index contributed by atoms with van der Waals surface area (Å²) in [7, 11) is 1.57. The summed E-state index contributed by atoms with van der Waals surface area (Å²) < 4.78 is 9.86. The van der Waals surface area contributed by atoms with Gasteiger partial charge in [0.05, 0.1) is 25.7 Å². The van der Waals surface area contributed by atoms with Crippen LogP contribution >= 0.6 is 0 Å². The van der Waals surface area contributed by atoms with Gasteiger partial charge in [0.1, 0.15) is 0 Å². The highest BCUT2D eigenvalue weighted by Crippen LogP contribution is 1.92. The molecule has 0 aromatic heterocycles. The molecule has 0 heterocycles. The van der Waals surface area contributed by atoms with E-state index in [0.29, 0.717) is 19.8 Å². The first-order chi connectivity index (χ1) is 7.57. The van der Waals surface area contributed by atoms with Crippen LogP contribution in [0, 0.1) is 5.92 Å². The SMILES string of the molecule is COCCOCCC(=O)NCC(C)C(=O)O. The van der Waals surface area contributed by atoms with Gasteiger partial charge < -0.3 is 19.9 Å². The monoisotopic (exact) mass is 233 g/mol. The Balaban J connectivity index is 3.41. The normalized spacial score (nSPS) is 12.1. The summed E-state index contributed by atoms with van der Waals surface area (Å²) in [6.07, 6.45) is 0.232. The molecule has 0 aliphatic rings. The van der Waals surface area contributed by atoms with Crippen molar-refractivity contribution in [2.24, 2.45) is 5.92 Å². The van der Waals surface area contributed by atoms with E-state index >= 15 is 0 Å². The Kier molecular flexibility index (Phi) is 8.46. The van der Waals surface area contributed by atoms with E-state index in [1.807, 2.05) is 0 Å². The van der Waals surface area contributed by atoms with Crippen molar-refractivity contribution in [2.45, 2.75) is 13.3 Å². The molecule has 0 aliphatic heterocycles. The number of methoxy groups -OCH3 is 1. The van der Waals surface area contributed by atoms with Crippen molar-refractivity contribution in [3.05, 3.63) is 0 Å². The standard InChI is InChI=1S/C10H19NO5/c1-8(10(13)14)7-11-9(12)3-4-16-6-5-15-2/h8H,3-7H2,1-2H3,(H,11,12)(H,13,14). The molecule has 0 spiro atoms. The highest BCUT2D eigenvalue weighted by atomic mass is 16.5. The minimum atomic E-state index is -0.920. The number of ether oxygens (including phenoxy) is 2. The number of hydrogen-bond donors (Lipinski definition) is 2. The highest BCUT2D eigenvalue weighted by Gasteiger charge is 2.11. The molecule has 0 saturated heterocycles. The maximum atomic E-state index is 11.2. The molecule has 1 unspecified atom stereocenters. The van der Waals surface area contributed by atoms with E-state index in [2.05, 4.69) is 5.32 Å². The summed E-state index contributed by atoms with van der Waals surface area (Å²) in [6, 6.07) is 0. The van der Waals surface area contributed by atoms with Crippen LogP contribution in [0.15, 0.2) is 0 Å². The molecule has 0 aliphatic carbocycles. The second-order valence-corrected chi connectivity index (χ2v) is 3.40. The molecule has 0 saturated carbocycles. The van der Waals surface area contributed by atoms with E-state index in [1.54, 1.807) is 7.11 Å². The van der Waals surface area contributed by atoms with Crippen molar-refractivity contribution < 1.29 is 24.2 Å². The van der Waals surface area contributed by atoms with Crippen LogP contribution in [0.1, 0.15) is 13.3 Å². The molecule has 94 valence electrons. The fourth-order valence-corrected chi connectivity index (χ4v) is 0.852. The van der Waals surface area contributed by atoms with Gasteiger partial charge in [-0.05, 0) is 0 Å². The minimum absolute atomic E-state index is 0.145. The highest BCUT2D eigenvalue weighted by molar-refractivity contribution is 5.77. The fraction of sp³-hybridized carbons (Fsp3) is 0.800. The first kappa shape index (κ1) is 14.9. The number of carboxylic acid groups (broad SMARTS) is 1. The molecular weight excluding hydrogens is 214 g/mol. The number of carboxylic acids is 1. The zero-order valence-corrected chi connectivity index (χ0v) is 9.69. The average Bonchev–Trinajstić information content (AvgIpc) is 2.25. The quantitative estimate of drug-likeness (QED) is 0.542. The number of aliphatic carboxylic acids is 1. The van der Waals surface area contributed by atoms with E-state index in [4.69, 9.17) is 14.6 Å². The molecule has 6 nitrogen and oxygen atoms in total. The third-order valence-electron chi connectivity index (χ3n) is 1.93. The average molecular weight is 233 g/mol. The molecule has 16 heavy (non-hydrogen) atoms. The molecule has 2 N–H and O–H groups in total. The Hall–Kier alpha value is -1.14. The molecule has 1 amide bonds. The predicted octanol–water partition coefficient (Wildman–Crippen LogP) is -0.124. The second kappa shape index (κ2) is 9.11. The molecular formula is C10H19NO5.